The molecule has 2 bridgehead atoms. The van der Waals surface area contributed by atoms with Crippen LogP contribution in [0.5, 0.6) is 0 Å². The fraction of sp³-hybridized carbons (Fsp3) is 0.429. The fourth-order valence-corrected chi connectivity index (χ4v) is 5.74. The fourth-order valence-electron chi connectivity index (χ4n) is 4.62. The molecule has 4 aromatic heterocycles. The molecular weight excluding hydrogens is 400 g/mol. The van der Waals surface area contributed by atoms with E-state index in [1.165, 1.54) is 4.88 Å². The van der Waals surface area contributed by atoms with Crippen molar-refractivity contribution >= 4 is 21.9 Å². The number of aromatic nitrogens is 5. The van der Waals surface area contributed by atoms with Crippen molar-refractivity contribution in [2.24, 2.45) is 0 Å². The van der Waals surface area contributed by atoms with Crippen molar-refractivity contribution in [2.45, 2.75) is 44.8 Å². The predicted octanol–water partition coefficient (Wildman–Crippen LogP) is 2.32. The zero-order valence-corrected chi connectivity index (χ0v) is 17.6. The monoisotopic (exact) mass is 422 g/mol. The second-order valence-corrected chi connectivity index (χ2v) is 9.38. The summed E-state index contributed by atoms with van der Waals surface area (Å²) in [7, 11) is 0. The molecule has 2 saturated heterocycles. The van der Waals surface area contributed by atoms with E-state index in [0.717, 1.165) is 42.8 Å². The quantitative estimate of drug-likeness (QED) is 0.534. The van der Waals surface area contributed by atoms with Gasteiger partial charge in [0.15, 0.2) is 10.6 Å². The molecule has 30 heavy (non-hydrogen) atoms. The van der Waals surface area contributed by atoms with Gasteiger partial charge in [0.1, 0.15) is 5.69 Å². The molecule has 0 radical (unpaired) electrons. The molecule has 6 rings (SSSR count). The molecule has 0 aromatic carbocycles. The number of imidazole rings is 1. The summed E-state index contributed by atoms with van der Waals surface area (Å²) in [5.74, 6) is 0.413. The summed E-state index contributed by atoms with van der Waals surface area (Å²) in [4.78, 5) is 24.1. The van der Waals surface area contributed by atoms with Crippen molar-refractivity contribution < 1.29 is 4.74 Å². The third-order valence-electron chi connectivity index (χ3n) is 6.00. The van der Waals surface area contributed by atoms with E-state index in [2.05, 4.69) is 15.4 Å². The SMILES string of the molecule is Cc1cn2nc(-c3cc(=O)n4cc(C5C[C@H]6CNC[C@@H](C5)O6)sc4n3)cc(C)c2n1. The number of morpholine rings is 1. The largest absolute Gasteiger partial charge is 0.372 e. The van der Waals surface area contributed by atoms with E-state index in [9.17, 15) is 4.79 Å². The topological polar surface area (TPSA) is 85.8 Å². The molecule has 0 amide bonds. The van der Waals surface area contributed by atoms with Crippen LogP contribution in [0, 0.1) is 13.8 Å². The summed E-state index contributed by atoms with van der Waals surface area (Å²) in [6.45, 7) is 5.75. The lowest BCUT2D eigenvalue weighted by molar-refractivity contribution is -0.0777. The number of nitrogens with one attached hydrogen (secondary N) is 1. The maximum absolute atomic E-state index is 12.9. The Kier molecular flexibility index (Phi) is 4.06. The van der Waals surface area contributed by atoms with E-state index in [1.807, 2.05) is 32.3 Å². The lowest BCUT2D eigenvalue weighted by atomic mass is 9.89. The molecule has 1 N–H and O–H groups in total. The molecule has 154 valence electrons. The minimum absolute atomic E-state index is 0.0761. The number of thiazole rings is 1. The average molecular weight is 423 g/mol. The maximum atomic E-state index is 12.9. The zero-order chi connectivity index (χ0) is 20.4. The van der Waals surface area contributed by atoms with Crippen LogP contribution in [0.25, 0.3) is 22.0 Å². The van der Waals surface area contributed by atoms with Crippen LogP contribution in [-0.2, 0) is 4.74 Å². The third kappa shape index (κ3) is 2.96. The first-order chi connectivity index (χ1) is 14.5. The number of fused-ring (bicyclic) bond motifs is 4. The highest BCUT2D eigenvalue weighted by Gasteiger charge is 2.34. The number of hydrogen-bond donors (Lipinski definition) is 1. The minimum atomic E-state index is -0.0761. The standard InChI is InChI=1S/C21H22N6O2S/c1-11-3-17(25-27-9-12(2)23-20(11)27)16-6-19(28)26-10-18(30-21(26)24-16)13-4-14-7-22-8-15(5-13)29-14/h3,6,9-10,13-15,22H,4-5,7-8H2,1-2H3/t13?,14-,15+. The molecule has 4 aromatic rings. The first kappa shape index (κ1) is 18.2. The van der Waals surface area contributed by atoms with Gasteiger partial charge in [0.05, 0.1) is 29.8 Å². The molecule has 3 atom stereocenters. The van der Waals surface area contributed by atoms with Crippen LogP contribution in [0.3, 0.4) is 0 Å². The second kappa shape index (κ2) is 6.69. The van der Waals surface area contributed by atoms with Gasteiger partial charge in [-0.05, 0) is 44.2 Å². The molecule has 0 saturated carbocycles. The van der Waals surface area contributed by atoms with Gasteiger partial charge in [-0.25, -0.2) is 14.5 Å². The van der Waals surface area contributed by atoms with Crippen molar-refractivity contribution in [3.05, 3.63) is 51.0 Å². The normalized spacial score (nSPS) is 24.0. The Bertz CT molecular complexity index is 1330. The van der Waals surface area contributed by atoms with Gasteiger partial charge in [-0.3, -0.25) is 9.20 Å². The molecule has 6 heterocycles. The van der Waals surface area contributed by atoms with Gasteiger partial charge in [-0.2, -0.15) is 5.10 Å². The number of rotatable bonds is 2. The van der Waals surface area contributed by atoms with Gasteiger partial charge in [0.2, 0.25) is 0 Å². The van der Waals surface area contributed by atoms with Crippen molar-refractivity contribution in [2.75, 3.05) is 13.1 Å². The van der Waals surface area contributed by atoms with E-state index >= 15 is 0 Å². The zero-order valence-electron chi connectivity index (χ0n) is 16.8. The molecule has 8 nitrogen and oxygen atoms in total. The van der Waals surface area contributed by atoms with E-state index in [1.54, 1.807) is 26.3 Å². The first-order valence-corrected chi connectivity index (χ1v) is 11.1. The second-order valence-electron chi connectivity index (χ2n) is 8.34. The molecular formula is C21H22N6O2S. The van der Waals surface area contributed by atoms with Crippen LogP contribution in [0.15, 0.2) is 29.3 Å². The van der Waals surface area contributed by atoms with E-state index in [4.69, 9.17) is 9.72 Å². The summed E-state index contributed by atoms with van der Waals surface area (Å²) in [5.41, 5.74) is 3.94. The van der Waals surface area contributed by atoms with Crippen molar-refractivity contribution in [1.82, 2.24) is 29.3 Å². The predicted molar refractivity (Wildman–Crippen MR) is 114 cm³/mol. The first-order valence-electron chi connectivity index (χ1n) is 10.3. The van der Waals surface area contributed by atoms with Crippen LogP contribution in [0.2, 0.25) is 0 Å². The molecule has 2 aliphatic heterocycles. The molecule has 2 aliphatic rings. The van der Waals surface area contributed by atoms with Gasteiger partial charge in [-0.1, -0.05) is 0 Å². The Balaban J connectivity index is 1.41. The summed E-state index contributed by atoms with van der Waals surface area (Å²) in [6.07, 6.45) is 6.33. The van der Waals surface area contributed by atoms with Gasteiger partial charge < -0.3 is 10.1 Å². The maximum Gasteiger partial charge on any atom is 0.259 e. The summed E-state index contributed by atoms with van der Waals surface area (Å²) in [6, 6.07) is 3.52. The Labute approximate surface area is 176 Å². The van der Waals surface area contributed by atoms with E-state index in [0.29, 0.717) is 22.3 Å². The third-order valence-corrected chi connectivity index (χ3v) is 7.15. The Morgan fingerprint density at radius 3 is 2.70 bits per heavy atom. The van der Waals surface area contributed by atoms with Crippen molar-refractivity contribution in [3.8, 4) is 11.4 Å². The Morgan fingerprint density at radius 1 is 1.10 bits per heavy atom. The van der Waals surface area contributed by atoms with Crippen LogP contribution < -0.4 is 10.9 Å². The molecule has 0 aliphatic carbocycles. The highest BCUT2D eigenvalue weighted by Crippen LogP contribution is 2.37. The van der Waals surface area contributed by atoms with Crippen molar-refractivity contribution in [1.29, 1.82) is 0 Å². The summed E-state index contributed by atoms with van der Waals surface area (Å²) < 4.78 is 9.47. The van der Waals surface area contributed by atoms with Crippen LogP contribution in [0.4, 0.5) is 0 Å². The lowest BCUT2D eigenvalue weighted by Gasteiger charge is -2.39. The minimum Gasteiger partial charge on any atom is -0.372 e. The van der Waals surface area contributed by atoms with Crippen molar-refractivity contribution in [3.63, 3.8) is 0 Å². The van der Waals surface area contributed by atoms with Gasteiger partial charge in [0.25, 0.3) is 5.56 Å². The summed E-state index contributed by atoms with van der Waals surface area (Å²) >= 11 is 1.61. The van der Waals surface area contributed by atoms with Gasteiger partial charge in [-0.15, -0.1) is 11.3 Å². The number of hydrogen-bond acceptors (Lipinski definition) is 7. The molecule has 2 fully saturated rings. The van der Waals surface area contributed by atoms with Crippen LogP contribution >= 0.6 is 11.3 Å². The molecule has 1 unspecified atom stereocenters. The van der Waals surface area contributed by atoms with E-state index < -0.39 is 0 Å². The Morgan fingerprint density at radius 2 is 1.90 bits per heavy atom. The highest BCUT2D eigenvalue weighted by molar-refractivity contribution is 7.17. The van der Waals surface area contributed by atoms with Crippen LogP contribution in [-0.4, -0.2) is 49.3 Å². The lowest BCUT2D eigenvalue weighted by Crippen LogP contribution is -2.49. The average Bonchev–Trinajstić information content (AvgIpc) is 3.31. The molecule has 0 spiro atoms. The van der Waals surface area contributed by atoms with E-state index in [-0.39, 0.29) is 17.8 Å². The molecule has 9 heteroatoms. The summed E-state index contributed by atoms with van der Waals surface area (Å²) in [5, 5.41) is 8.07. The van der Waals surface area contributed by atoms with Gasteiger partial charge >= 0.3 is 0 Å². The number of nitrogens with zero attached hydrogens (tertiary/aromatic N) is 5. The van der Waals surface area contributed by atoms with Crippen LogP contribution in [0.1, 0.15) is 34.9 Å². The smallest absolute Gasteiger partial charge is 0.259 e. The Hall–Kier alpha value is -2.62. The van der Waals surface area contributed by atoms with Gasteiger partial charge in [0, 0.05) is 30.2 Å². The number of ether oxygens (including phenoxy) is 1. The number of aryl methyl sites for hydroxylation is 2. The highest BCUT2D eigenvalue weighted by atomic mass is 32.1.